The zero-order valence-electron chi connectivity index (χ0n) is 11.7. The molecule has 1 aromatic rings. The van der Waals surface area contributed by atoms with Gasteiger partial charge in [-0.2, -0.15) is 5.26 Å². The van der Waals surface area contributed by atoms with Crippen LogP contribution < -0.4 is 5.32 Å². The summed E-state index contributed by atoms with van der Waals surface area (Å²) in [6.45, 7) is 2.53. The zero-order chi connectivity index (χ0) is 15.4. The van der Waals surface area contributed by atoms with Gasteiger partial charge in [-0.05, 0) is 36.8 Å². The van der Waals surface area contributed by atoms with E-state index in [1.54, 1.807) is 16.3 Å². The molecule has 0 aromatic carbocycles. The third-order valence-electron chi connectivity index (χ3n) is 3.68. The van der Waals surface area contributed by atoms with Crippen molar-refractivity contribution in [2.75, 3.05) is 18.4 Å². The second-order valence-corrected chi connectivity index (χ2v) is 6.11. The molecule has 2 unspecified atom stereocenters. The van der Waals surface area contributed by atoms with Crippen LogP contribution in [0.4, 0.5) is 5.00 Å². The van der Waals surface area contributed by atoms with Gasteiger partial charge < -0.3 is 10.4 Å². The predicted octanol–water partition coefficient (Wildman–Crippen LogP) is 1.74. The first-order valence-corrected chi connectivity index (χ1v) is 7.65. The van der Waals surface area contributed by atoms with Gasteiger partial charge in [0.05, 0.1) is 12.1 Å². The number of nitriles is 1. The summed E-state index contributed by atoms with van der Waals surface area (Å²) >= 11 is 1.28. The predicted molar refractivity (Wildman–Crippen MR) is 79.1 cm³/mol. The third kappa shape index (κ3) is 3.60. The molecule has 0 bridgehead atoms. The summed E-state index contributed by atoms with van der Waals surface area (Å²) in [4.78, 5) is 25.1. The summed E-state index contributed by atoms with van der Waals surface area (Å²) in [6.07, 6.45) is 1.75. The maximum absolute atomic E-state index is 12.1. The lowest BCUT2D eigenvalue weighted by Gasteiger charge is -2.36. The van der Waals surface area contributed by atoms with Gasteiger partial charge in [-0.15, -0.1) is 11.3 Å². The molecule has 21 heavy (non-hydrogen) atoms. The van der Waals surface area contributed by atoms with Gasteiger partial charge >= 0.3 is 5.97 Å². The van der Waals surface area contributed by atoms with Gasteiger partial charge in [-0.1, -0.05) is 6.92 Å². The molecular formula is C14H17N3O3S. The number of carboxylic acid groups (broad SMARTS) is 1. The maximum Gasteiger partial charge on any atom is 0.321 e. The van der Waals surface area contributed by atoms with Crippen molar-refractivity contribution in [3.8, 4) is 6.07 Å². The molecule has 1 fully saturated rings. The van der Waals surface area contributed by atoms with Crippen molar-refractivity contribution in [1.82, 2.24) is 4.90 Å². The minimum absolute atomic E-state index is 0.0282. The molecule has 0 saturated carbocycles. The van der Waals surface area contributed by atoms with Crippen LogP contribution in [0.5, 0.6) is 0 Å². The van der Waals surface area contributed by atoms with Crippen molar-refractivity contribution < 1.29 is 14.7 Å². The molecule has 1 aliphatic heterocycles. The Labute approximate surface area is 127 Å². The van der Waals surface area contributed by atoms with Crippen LogP contribution in [0.2, 0.25) is 0 Å². The highest BCUT2D eigenvalue weighted by atomic mass is 32.1. The van der Waals surface area contributed by atoms with Crippen LogP contribution in [0.1, 0.15) is 25.3 Å². The van der Waals surface area contributed by atoms with Crippen molar-refractivity contribution in [3.05, 3.63) is 17.0 Å². The maximum atomic E-state index is 12.1. The normalized spacial score (nSPS) is 22.5. The molecule has 1 saturated heterocycles. The molecule has 112 valence electrons. The lowest BCUT2D eigenvalue weighted by Crippen LogP contribution is -2.51. The van der Waals surface area contributed by atoms with E-state index in [0.717, 1.165) is 12.8 Å². The quantitative estimate of drug-likeness (QED) is 0.884. The number of thiophene rings is 1. The molecule has 1 amide bonds. The van der Waals surface area contributed by atoms with E-state index in [9.17, 15) is 14.7 Å². The first-order valence-electron chi connectivity index (χ1n) is 6.77. The fourth-order valence-electron chi connectivity index (χ4n) is 2.69. The van der Waals surface area contributed by atoms with Gasteiger partial charge in [-0.3, -0.25) is 14.5 Å². The van der Waals surface area contributed by atoms with E-state index in [2.05, 4.69) is 5.32 Å². The number of amides is 1. The first kappa shape index (κ1) is 15.5. The van der Waals surface area contributed by atoms with E-state index < -0.39 is 12.0 Å². The summed E-state index contributed by atoms with van der Waals surface area (Å²) in [7, 11) is 0. The Kier molecular flexibility index (Phi) is 4.94. The molecule has 7 heteroatoms. The highest BCUT2D eigenvalue weighted by molar-refractivity contribution is 7.14. The Balaban J connectivity index is 2.01. The highest BCUT2D eigenvalue weighted by Crippen LogP contribution is 2.25. The number of carboxylic acids is 1. The molecule has 1 aromatic heterocycles. The van der Waals surface area contributed by atoms with Crippen LogP contribution in [0.25, 0.3) is 0 Å². The topological polar surface area (TPSA) is 93.4 Å². The Morgan fingerprint density at radius 3 is 3.05 bits per heavy atom. The van der Waals surface area contributed by atoms with Crippen LogP contribution in [-0.4, -0.2) is 41.0 Å². The van der Waals surface area contributed by atoms with Crippen LogP contribution in [0.15, 0.2) is 11.4 Å². The molecule has 2 N–H and O–H groups in total. The number of nitrogens with one attached hydrogen (secondary N) is 1. The monoisotopic (exact) mass is 307 g/mol. The van der Waals surface area contributed by atoms with Crippen molar-refractivity contribution in [2.45, 2.75) is 25.8 Å². The number of likely N-dealkylation sites (tertiary alicyclic amines) is 1. The molecule has 0 spiro atoms. The summed E-state index contributed by atoms with van der Waals surface area (Å²) in [5.74, 6) is -1.14. The summed E-state index contributed by atoms with van der Waals surface area (Å²) in [5, 5.41) is 23.2. The molecular weight excluding hydrogens is 290 g/mol. The Hall–Kier alpha value is -1.91. The number of carbonyl (C=O) groups is 2. The Morgan fingerprint density at radius 2 is 2.38 bits per heavy atom. The number of piperidine rings is 1. The van der Waals surface area contributed by atoms with Crippen LogP contribution >= 0.6 is 11.3 Å². The summed E-state index contributed by atoms with van der Waals surface area (Å²) < 4.78 is 0. The largest absolute Gasteiger partial charge is 0.480 e. The lowest BCUT2D eigenvalue weighted by atomic mass is 9.91. The number of rotatable bonds is 4. The number of nitrogens with zero attached hydrogens (tertiary/aromatic N) is 2. The van der Waals surface area contributed by atoms with Gasteiger partial charge in [-0.25, -0.2) is 0 Å². The number of hydrogen-bond donors (Lipinski definition) is 2. The SMILES string of the molecule is CC1CCCN(CC(=O)Nc2sccc2C#N)C1C(=O)O. The Bertz CT molecular complexity index is 578. The van der Waals surface area contributed by atoms with Gasteiger partial charge in [0.2, 0.25) is 5.91 Å². The number of carbonyl (C=O) groups excluding carboxylic acids is 1. The molecule has 1 aliphatic rings. The van der Waals surface area contributed by atoms with Crippen molar-refractivity contribution in [3.63, 3.8) is 0 Å². The van der Waals surface area contributed by atoms with Gasteiger partial charge in [0, 0.05) is 0 Å². The van der Waals surface area contributed by atoms with E-state index in [1.165, 1.54) is 11.3 Å². The first-order chi connectivity index (χ1) is 10.0. The highest BCUT2D eigenvalue weighted by Gasteiger charge is 2.35. The average Bonchev–Trinajstić information content (AvgIpc) is 2.85. The molecule has 2 rings (SSSR count). The molecule has 0 radical (unpaired) electrons. The number of anilines is 1. The standard InChI is InChI=1S/C14H17N3O3S/c1-9-3-2-5-17(12(9)14(19)20)8-11(18)16-13-10(7-15)4-6-21-13/h4,6,9,12H,2-3,5,8H2,1H3,(H,16,18)(H,19,20). The van der Waals surface area contributed by atoms with Gasteiger partial charge in [0.25, 0.3) is 0 Å². The number of hydrogen-bond acceptors (Lipinski definition) is 5. The molecule has 0 aliphatic carbocycles. The minimum Gasteiger partial charge on any atom is -0.480 e. The molecule has 6 nitrogen and oxygen atoms in total. The fourth-order valence-corrected chi connectivity index (χ4v) is 3.45. The van der Waals surface area contributed by atoms with Gasteiger partial charge in [0.15, 0.2) is 0 Å². The minimum atomic E-state index is -0.885. The van der Waals surface area contributed by atoms with Crippen molar-refractivity contribution in [1.29, 1.82) is 5.26 Å². The fraction of sp³-hybridized carbons (Fsp3) is 0.500. The number of aliphatic carboxylic acids is 1. The smallest absolute Gasteiger partial charge is 0.321 e. The summed E-state index contributed by atoms with van der Waals surface area (Å²) in [6, 6.07) is 3.03. The lowest BCUT2D eigenvalue weighted by molar-refractivity contribution is -0.147. The van der Waals surface area contributed by atoms with Crippen molar-refractivity contribution >= 4 is 28.2 Å². The van der Waals surface area contributed by atoms with Crippen molar-refractivity contribution in [2.24, 2.45) is 5.92 Å². The molecule has 2 atom stereocenters. The Morgan fingerprint density at radius 1 is 1.62 bits per heavy atom. The van der Waals surface area contributed by atoms with E-state index in [4.69, 9.17) is 5.26 Å². The van der Waals surface area contributed by atoms with Crippen LogP contribution in [-0.2, 0) is 9.59 Å². The van der Waals surface area contributed by atoms with E-state index in [0.29, 0.717) is 17.1 Å². The van der Waals surface area contributed by atoms with Crippen LogP contribution in [0.3, 0.4) is 0 Å². The molecule has 2 heterocycles. The second-order valence-electron chi connectivity index (χ2n) is 5.20. The van der Waals surface area contributed by atoms with Gasteiger partial charge in [0.1, 0.15) is 17.1 Å². The van der Waals surface area contributed by atoms with E-state index in [-0.39, 0.29) is 18.4 Å². The summed E-state index contributed by atoms with van der Waals surface area (Å²) in [5.41, 5.74) is 0.426. The average molecular weight is 307 g/mol. The van der Waals surface area contributed by atoms with E-state index in [1.807, 2.05) is 13.0 Å². The third-order valence-corrected chi connectivity index (χ3v) is 4.51. The zero-order valence-corrected chi connectivity index (χ0v) is 12.5. The van der Waals surface area contributed by atoms with E-state index >= 15 is 0 Å². The second kappa shape index (κ2) is 6.70. The van der Waals surface area contributed by atoms with Crippen LogP contribution in [0, 0.1) is 17.2 Å².